The van der Waals surface area contributed by atoms with E-state index in [1.54, 1.807) is 4.90 Å². The number of nitrogens with zero attached hydrogens (tertiary/aromatic N) is 2. The van der Waals surface area contributed by atoms with Crippen molar-refractivity contribution in [1.29, 1.82) is 0 Å². The van der Waals surface area contributed by atoms with Gasteiger partial charge in [-0.05, 0) is 18.9 Å². The van der Waals surface area contributed by atoms with E-state index in [1.807, 2.05) is 24.3 Å². The summed E-state index contributed by atoms with van der Waals surface area (Å²) in [6.07, 6.45) is 4.35. The summed E-state index contributed by atoms with van der Waals surface area (Å²) in [5.41, 5.74) is 1.33. The molecule has 0 atom stereocenters. The van der Waals surface area contributed by atoms with Crippen LogP contribution in [0.2, 0.25) is 0 Å². The smallest absolute Gasteiger partial charge is 0.275 e. The van der Waals surface area contributed by atoms with Crippen molar-refractivity contribution >= 4 is 16.8 Å². The number of amides is 1. The molecule has 3 rings (SSSR count). The van der Waals surface area contributed by atoms with Crippen molar-refractivity contribution in [3.8, 4) is 0 Å². The van der Waals surface area contributed by atoms with E-state index in [1.165, 1.54) is 0 Å². The molecule has 1 aromatic heterocycles. The van der Waals surface area contributed by atoms with E-state index in [9.17, 15) is 9.90 Å². The second-order valence-corrected chi connectivity index (χ2v) is 5.28. The van der Waals surface area contributed by atoms with Crippen LogP contribution < -0.4 is 0 Å². The summed E-state index contributed by atoms with van der Waals surface area (Å²) < 4.78 is 0. The van der Waals surface area contributed by atoms with Gasteiger partial charge in [0.2, 0.25) is 0 Å². The maximum absolute atomic E-state index is 12.7. The lowest BCUT2D eigenvalue weighted by Gasteiger charge is -2.27. The van der Waals surface area contributed by atoms with Gasteiger partial charge >= 0.3 is 0 Å². The number of fused-ring (bicyclic) bond motifs is 1. The van der Waals surface area contributed by atoms with Gasteiger partial charge < -0.3 is 10.0 Å². The molecule has 0 bridgehead atoms. The fourth-order valence-corrected chi connectivity index (χ4v) is 3.04. The summed E-state index contributed by atoms with van der Waals surface area (Å²) in [6.45, 7) is 0.370. The topological polar surface area (TPSA) is 69.2 Å². The predicted molar refractivity (Wildman–Crippen MR) is 76.5 cm³/mol. The van der Waals surface area contributed by atoms with Crippen LogP contribution in [-0.2, 0) is 0 Å². The van der Waals surface area contributed by atoms with E-state index in [-0.39, 0.29) is 18.6 Å². The maximum atomic E-state index is 12.7. The van der Waals surface area contributed by atoms with Crippen molar-refractivity contribution in [2.75, 3.05) is 13.2 Å². The van der Waals surface area contributed by atoms with E-state index in [2.05, 4.69) is 10.2 Å². The van der Waals surface area contributed by atoms with Crippen molar-refractivity contribution in [3.05, 3.63) is 30.0 Å². The molecule has 1 heterocycles. The Morgan fingerprint density at radius 2 is 2.10 bits per heavy atom. The molecule has 2 N–H and O–H groups in total. The fourth-order valence-electron chi connectivity index (χ4n) is 3.04. The van der Waals surface area contributed by atoms with Crippen LogP contribution in [-0.4, -0.2) is 45.3 Å². The molecule has 5 nitrogen and oxygen atoms in total. The summed E-state index contributed by atoms with van der Waals surface area (Å²) in [7, 11) is 0. The van der Waals surface area contributed by atoms with Crippen LogP contribution in [0.3, 0.4) is 0 Å². The molecule has 20 heavy (non-hydrogen) atoms. The van der Waals surface area contributed by atoms with E-state index in [4.69, 9.17) is 0 Å². The Balaban J connectivity index is 1.92. The number of aromatic amines is 1. The molecule has 2 aromatic rings. The summed E-state index contributed by atoms with van der Waals surface area (Å²) in [4.78, 5) is 14.5. The Kier molecular flexibility index (Phi) is 3.69. The van der Waals surface area contributed by atoms with E-state index in [0.717, 1.165) is 36.6 Å². The standard InChI is InChI=1S/C15H19N3O2/c19-10-9-18(11-5-1-2-6-11)15(20)14-12-7-3-4-8-13(12)16-17-14/h3-4,7-8,11,19H,1-2,5-6,9-10H2,(H,16,17). The van der Waals surface area contributed by atoms with Gasteiger partial charge in [-0.2, -0.15) is 5.10 Å². The van der Waals surface area contributed by atoms with E-state index in [0.29, 0.717) is 12.2 Å². The zero-order chi connectivity index (χ0) is 13.9. The highest BCUT2D eigenvalue weighted by atomic mass is 16.3. The van der Waals surface area contributed by atoms with Gasteiger partial charge in [-0.15, -0.1) is 0 Å². The lowest BCUT2D eigenvalue weighted by atomic mass is 10.1. The van der Waals surface area contributed by atoms with Gasteiger partial charge in [-0.3, -0.25) is 9.89 Å². The molecule has 1 saturated carbocycles. The second kappa shape index (κ2) is 5.63. The molecule has 1 aliphatic rings. The number of hydrogen-bond donors (Lipinski definition) is 2. The van der Waals surface area contributed by atoms with Gasteiger partial charge in [-0.1, -0.05) is 31.0 Å². The number of para-hydroxylation sites is 1. The third-order valence-electron chi connectivity index (χ3n) is 4.04. The molecule has 1 aliphatic carbocycles. The van der Waals surface area contributed by atoms with Crippen molar-refractivity contribution in [3.63, 3.8) is 0 Å². The van der Waals surface area contributed by atoms with Gasteiger partial charge in [0.25, 0.3) is 5.91 Å². The number of H-pyrrole nitrogens is 1. The fraction of sp³-hybridized carbons (Fsp3) is 0.467. The molecule has 0 aliphatic heterocycles. The number of nitrogens with one attached hydrogen (secondary N) is 1. The molecular formula is C15H19N3O2. The second-order valence-electron chi connectivity index (χ2n) is 5.28. The van der Waals surface area contributed by atoms with Crippen LogP contribution in [0.15, 0.2) is 24.3 Å². The number of carbonyl (C=O) groups is 1. The highest BCUT2D eigenvalue weighted by molar-refractivity contribution is 6.04. The number of benzene rings is 1. The number of aliphatic hydroxyl groups is 1. The van der Waals surface area contributed by atoms with Gasteiger partial charge in [0.05, 0.1) is 12.1 Å². The molecule has 5 heteroatoms. The van der Waals surface area contributed by atoms with Gasteiger partial charge in [0.15, 0.2) is 5.69 Å². The van der Waals surface area contributed by atoms with E-state index < -0.39 is 0 Å². The molecule has 106 valence electrons. The molecule has 1 fully saturated rings. The minimum absolute atomic E-state index is 0.00933. The normalized spacial score (nSPS) is 15.8. The Morgan fingerprint density at radius 1 is 1.35 bits per heavy atom. The van der Waals surface area contributed by atoms with Crippen LogP contribution in [0.4, 0.5) is 0 Å². The number of hydrogen-bond acceptors (Lipinski definition) is 3. The van der Waals surface area contributed by atoms with Crippen molar-refractivity contribution in [1.82, 2.24) is 15.1 Å². The van der Waals surface area contributed by atoms with Crippen molar-refractivity contribution in [2.24, 2.45) is 0 Å². The molecular weight excluding hydrogens is 254 g/mol. The first-order valence-electron chi connectivity index (χ1n) is 7.16. The predicted octanol–water partition coefficient (Wildman–Crippen LogP) is 1.94. The quantitative estimate of drug-likeness (QED) is 0.894. The Morgan fingerprint density at radius 3 is 2.85 bits per heavy atom. The number of carbonyl (C=O) groups excluding carboxylic acids is 1. The first kappa shape index (κ1) is 13.1. The number of aliphatic hydroxyl groups excluding tert-OH is 1. The number of aromatic nitrogens is 2. The first-order chi connectivity index (χ1) is 9.81. The molecule has 1 aromatic carbocycles. The van der Waals surface area contributed by atoms with Crippen molar-refractivity contribution < 1.29 is 9.90 Å². The third kappa shape index (κ3) is 2.29. The minimum Gasteiger partial charge on any atom is -0.395 e. The van der Waals surface area contributed by atoms with Crippen LogP contribution in [0.1, 0.15) is 36.2 Å². The summed E-state index contributed by atoms with van der Waals surface area (Å²) >= 11 is 0. The minimum atomic E-state index is -0.0802. The lowest BCUT2D eigenvalue weighted by Crippen LogP contribution is -2.41. The highest BCUT2D eigenvalue weighted by Gasteiger charge is 2.29. The van der Waals surface area contributed by atoms with Gasteiger partial charge in [0, 0.05) is 18.0 Å². The maximum Gasteiger partial charge on any atom is 0.275 e. The average Bonchev–Trinajstić information content (AvgIpc) is 3.13. The van der Waals surface area contributed by atoms with Gasteiger partial charge in [0.1, 0.15) is 0 Å². The Labute approximate surface area is 117 Å². The molecule has 1 amide bonds. The monoisotopic (exact) mass is 273 g/mol. The third-order valence-corrected chi connectivity index (χ3v) is 4.04. The Hall–Kier alpha value is -1.88. The zero-order valence-electron chi connectivity index (χ0n) is 11.4. The van der Waals surface area contributed by atoms with Crippen LogP contribution in [0.25, 0.3) is 10.9 Å². The van der Waals surface area contributed by atoms with Crippen LogP contribution >= 0.6 is 0 Å². The summed E-state index contributed by atoms with van der Waals surface area (Å²) in [6, 6.07) is 7.87. The highest BCUT2D eigenvalue weighted by Crippen LogP contribution is 2.26. The first-order valence-corrected chi connectivity index (χ1v) is 7.16. The molecule has 0 unspecified atom stereocenters. The van der Waals surface area contributed by atoms with Crippen LogP contribution in [0.5, 0.6) is 0 Å². The Bertz CT molecular complexity index is 602. The summed E-state index contributed by atoms with van der Waals surface area (Å²) in [5.74, 6) is -0.0802. The lowest BCUT2D eigenvalue weighted by molar-refractivity contribution is 0.0634. The van der Waals surface area contributed by atoms with Crippen LogP contribution in [0, 0.1) is 0 Å². The van der Waals surface area contributed by atoms with Crippen molar-refractivity contribution in [2.45, 2.75) is 31.7 Å². The average molecular weight is 273 g/mol. The zero-order valence-corrected chi connectivity index (χ0v) is 11.4. The SMILES string of the molecule is O=C(c1n[nH]c2ccccc12)N(CCO)C1CCCC1. The molecule has 0 radical (unpaired) electrons. The molecule has 0 spiro atoms. The largest absolute Gasteiger partial charge is 0.395 e. The van der Waals surface area contributed by atoms with Gasteiger partial charge in [-0.25, -0.2) is 0 Å². The molecule has 0 saturated heterocycles. The summed E-state index contributed by atoms with van der Waals surface area (Å²) in [5, 5.41) is 17.1. The van der Waals surface area contributed by atoms with E-state index >= 15 is 0 Å². The number of rotatable bonds is 4.